The molecule has 25 heavy (non-hydrogen) atoms. The van der Waals surface area contributed by atoms with Gasteiger partial charge in [-0.1, -0.05) is 6.07 Å². The van der Waals surface area contributed by atoms with Crippen LogP contribution in [0.25, 0.3) is 0 Å². The van der Waals surface area contributed by atoms with Crippen molar-refractivity contribution in [2.75, 3.05) is 26.7 Å². The molecule has 1 aromatic carbocycles. The fourth-order valence-electron chi connectivity index (χ4n) is 2.76. The molecule has 9 heteroatoms. The fraction of sp³-hybridized carbons (Fsp3) is 0.500. The van der Waals surface area contributed by atoms with Crippen molar-refractivity contribution in [2.24, 2.45) is 0 Å². The van der Waals surface area contributed by atoms with Gasteiger partial charge in [-0.3, -0.25) is 9.59 Å². The topological polar surface area (TPSA) is 104 Å². The van der Waals surface area contributed by atoms with Crippen LogP contribution in [0.1, 0.15) is 24.2 Å². The third kappa shape index (κ3) is 4.56. The van der Waals surface area contributed by atoms with E-state index in [1.165, 1.54) is 35.6 Å². The second-order valence-electron chi connectivity index (χ2n) is 6.16. The molecule has 1 amide bonds. The highest BCUT2D eigenvalue weighted by Crippen LogP contribution is 2.22. The predicted octanol–water partition coefficient (Wildman–Crippen LogP) is 0.641. The van der Waals surface area contributed by atoms with Crippen LogP contribution in [-0.2, 0) is 19.6 Å². The van der Waals surface area contributed by atoms with Gasteiger partial charge in [0.1, 0.15) is 6.54 Å². The molecule has 1 heterocycles. The van der Waals surface area contributed by atoms with Crippen LogP contribution in [0.4, 0.5) is 0 Å². The predicted molar refractivity (Wildman–Crippen MR) is 89.8 cm³/mol. The van der Waals surface area contributed by atoms with Crippen LogP contribution in [-0.4, -0.2) is 73.5 Å². The molecule has 0 bridgehead atoms. The van der Waals surface area contributed by atoms with Gasteiger partial charge in [0.25, 0.3) is 5.91 Å². The van der Waals surface area contributed by atoms with Gasteiger partial charge in [-0.2, -0.15) is 4.31 Å². The summed E-state index contributed by atoms with van der Waals surface area (Å²) in [6.45, 7) is 3.62. The highest BCUT2D eigenvalue weighted by Gasteiger charge is 2.32. The average molecular weight is 370 g/mol. The van der Waals surface area contributed by atoms with E-state index < -0.39 is 28.4 Å². The monoisotopic (exact) mass is 370 g/mol. The van der Waals surface area contributed by atoms with Gasteiger partial charge in [-0.15, -0.1) is 0 Å². The highest BCUT2D eigenvalue weighted by molar-refractivity contribution is 7.89. The molecule has 1 aromatic rings. The summed E-state index contributed by atoms with van der Waals surface area (Å²) < 4.78 is 32.6. The number of carboxylic acid groups (broad SMARTS) is 1. The Kier molecular flexibility index (Phi) is 5.81. The van der Waals surface area contributed by atoms with Crippen molar-refractivity contribution >= 4 is 21.9 Å². The molecule has 2 unspecified atom stereocenters. The molecule has 1 aliphatic rings. The van der Waals surface area contributed by atoms with Gasteiger partial charge >= 0.3 is 5.97 Å². The molecule has 1 N–H and O–H groups in total. The van der Waals surface area contributed by atoms with Crippen molar-refractivity contribution in [1.82, 2.24) is 9.21 Å². The largest absolute Gasteiger partial charge is 0.480 e. The first-order valence-electron chi connectivity index (χ1n) is 7.84. The minimum absolute atomic E-state index is 0.00313. The Bertz CT molecular complexity index is 754. The molecule has 1 saturated heterocycles. The number of likely N-dealkylation sites (N-methyl/N-ethyl adjacent to an activating group) is 1. The van der Waals surface area contributed by atoms with E-state index in [2.05, 4.69) is 0 Å². The number of carbonyl (C=O) groups excluding carboxylic acids is 1. The summed E-state index contributed by atoms with van der Waals surface area (Å²) in [5.41, 5.74) is 0.124. The van der Waals surface area contributed by atoms with Crippen LogP contribution >= 0.6 is 0 Å². The van der Waals surface area contributed by atoms with Gasteiger partial charge in [-0.05, 0) is 32.0 Å². The molecule has 0 spiro atoms. The standard InChI is InChI=1S/C16H22N2O6S/c1-11-8-18(9-12(2)24-11)25(22,23)14-6-4-5-13(7-14)16(21)17(3)10-15(19)20/h4-7,11-12H,8-10H2,1-3H3,(H,19,20). The second kappa shape index (κ2) is 7.51. The Hall–Kier alpha value is -1.97. The molecular formula is C16H22N2O6S. The first-order valence-corrected chi connectivity index (χ1v) is 9.28. The number of hydrogen-bond acceptors (Lipinski definition) is 5. The van der Waals surface area contributed by atoms with Crippen molar-refractivity contribution in [3.05, 3.63) is 29.8 Å². The Morgan fingerprint density at radius 3 is 2.44 bits per heavy atom. The first kappa shape index (κ1) is 19.4. The number of amides is 1. The highest BCUT2D eigenvalue weighted by atomic mass is 32.2. The van der Waals surface area contributed by atoms with Crippen molar-refractivity contribution in [3.63, 3.8) is 0 Å². The van der Waals surface area contributed by atoms with Crippen LogP contribution in [0.2, 0.25) is 0 Å². The summed E-state index contributed by atoms with van der Waals surface area (Å²) in [7, 11) is -2.42. The number of hydrogen-bond donors (Lipinski definition) is 1. The number of rotatable bonds is 5. The SMILES string of the molecule is CC1CN(S(=O)(=O)c2cccc(C(=O)N(C)CC(=O)O)c2)CC(C)O1. The molecule has 1 fully saturated rings. The number of ether oxygens (including phenoxy) is 1. The number of morpholine rings is 1. The summed E-state index contributed by atoms with van der Waals surface area (Å²) in [5, 5.41) is 8.78. The molecule has 0 saturated carbocycles. The lowest BCUT2D eigenvalue weighted by molar-refractivity contribution is -0.137. The second-order valence-corrected chi connectivity index (χ2v) is 8.10. The van der Waals surface area contributed by atoms with Gasteiger partial charge in [-0.25, -0.2) is 8.42 Å². The van der Waals surface area contributed by atoms with E-state index in [0.717, 1.165) is 4.90 Å². The van der Waals surface area contributed by atoms with Crippen LogP contribution in [0, 0.1) is 0 Å². The normalized spacial score (nSPS) is 21.7. The quantitative estimate of drug-likeness (QED) is 0.816. The Morgan fingerprint density at radius 1 is 1.28 bits per heavy atom. The van der Waals surface area contributed by atoms with Gasteiger partial charge < -0.3 is 14.7 Å². The minimum atomic E-state index is -3.77. The van der Waals surface area contributed by atoms with E-state index in [0.29, 0.717) is 0 Å². The van der Waals surface area contributed by atoms with Crippen LogP contribution < -0.4 is 0 Å². The number of carboxylic acids is 1. The zero-order valence-electron chi connectivity index (χ0n) is 14.4. The lowest BCUT2D eigenvalue weighted by Crippen LogP contribution is -2.48. The smallest absolute Gasteiger partial charge is 0.323 e. The van der Waals surface area contributed by atoms with E-state index in [-0.39, 0.29) is 35.8 Å². The number of sulfonamides is 1. The molecule has 138 valence electrons. The van der Waals surface area contributed by atoms with Crippen molar-refractivity contribution < 1.29 is 27.9 Å². The summed E-state index contributed by atoms with van der Waals surface area (Å²) in [4.78, 5) is 24.0. The molecule has 0 radical (unpaired) electrons. The van der Waals surface area contributed by atoms with Crippen molar-refractivity contribution in [1.29, 1.82) is 0 Å². The average Bonchev–Trinajstić information content (AvgIpc) is 2.52. The molecule has 1 aliphatic heterocycles. The maximum absolute atomic E-state index is 12.9. The molecule has 0 aliphatic carbocycles. The van der Waals surface area contributed by atoms with Crippen LogP contribution in [0.3, 0.4) is 0 Å². The molecular weight excluding hydrogens is 348 g/mol. The van der Waals surface area contributed by atoms with E-state index in [9.17, 15) is 18.0 Å². The molecule has 8 nitrogen and oxygen atoms in total. The van der Waals surface area contributed by atoms with Gasteiger partial charge in [0.2, 0.25) is 10.0 Å². The van der Waals surface area contributed by atoms with Gasteiger partial charge in [0.15, 0.2) is 0 Å². The zero-order valence-corrected chi connectivity index (χ0v) is 15.2. The van der Waals surface area contributed by atoms with E-state index in [1.807, 2.05) is 0 Å². The minimum Gasteiger partial charge on any atom is -0.480 e. The third-order valence-corrected chi connectivity index (χ3v) is 5.65. The van der Waals surface area contributed by atoms with Crippen molar-refractivity contribution in [2.45, 2.75) is 31.0 Å². The lowest BCUT2D eigenvalue weighted by Gasteiger charge is -2.34. The maximum Gasteiger partial charge on any atom is 0.323 e. The van der Waals surface area contributed by atoms with Crippen LogP contribution in [0.15, 0.2) is 29.2 Å². The Labute approximate surface area is 147 Å². The summed E-state index contributed by atoms with van der Waals surface area (Å²) in [6.07, 6.45) is -0.435. The first-order chi connectivity index (χ1) is 11.6. The zero-order chi connectivity index (χ0) is 18.8. The molecule has 2 rings (SSSR count). The van der Waals surface area contributed by atoms with Gasteiger partial charge in [0, 0.05) is 25.7 Å². The molecule has 2 atom stereocenters. The Balaban J connectivity index is 2.28. The molecule has 0 aromatic heterocycles. The maximum atomic E-state index is 12.9. The van der Waals surface area contributed by atoms with Crippen LogP contribution in [0.5, 0.6) is 0 Å². The summed E-state index contributed by atoms with van der Waals surface area (Å²) in [6, 6.07) is 5.64. The number of nitrogens with zero attached hydrogens (tertiary/aromatic N) is 2. The number of aliphatic carboxylic acids is 1. The van der Waals surface area contributed by atoms with E-state index >= 15 is 0 Å². The Morgan fingerprint density at radius 2 is 1.88 bits per heavy atom. The number of carbonyl (C=O) groups is 2. The summed E-state index contributed by atoms with van der Waals surface area (Å²) in [5.74, 6) is -1.70. The van der Waals surface area contributed by atoms with E-state index in [1.54, 1.807) is 13.8 Å². The van der Waals surface area contributed by atoms with Crippen molar-refractivity contribution in [3.8, 4) is 0 Å². The van der Waals surface area contributed by atoms with E-state index in [4.69, 9.17) is 9.84 Å². The third-order valence-electron chi connectivity index (χ3n) is 3.82. The van der Waals surface area contributed by atoms with Gasteiger partial charge in [0.05, 0.1) is 17.1 Å². The summed E-state index contributed by atoms with van der Waals surface area (Å²) >= 11 is 0. The number of benzene rings is 1. The lowest BCUT2D eigenvalue weighted by atomic mass is 10.2. The fourth-order valence-corrected chi connectivity index (χ4v) is 4.40.